The van der Waals surface area contributed by atoms with Crippen molar-refractivity contribution in [1.82, 2.24) is 9.97 Å². The Balaban J connectivity index is 2.04. The molecule has 2 rings (SSSR count). The van der Waals surface area contributed by atoms with Gasteiger partial charge in [0.2, 0.25) is 0 Å². The molecule has 0 aliphatic heterocycles. The Morgan fingerprint density at radius 3 is 2.68 bits per heavy atom. The van der Waals surface area contributed by atoms with Crippen molar-refractivity contribution in [3.63, 3.8) is 0 Å². The van der Waals surface area contributed by atoms with Crippen LogP contribution in [0, 0.1) is 5.92 Å². The van der Waals surface area contributed by atoms with E-state index >= 15 is 0 Å². The number of hydrogen-bond acceptors (Lipinski definition) is 5. The zero-order valence-corrected chi connectivity index (χ0v) is 12.9. The average Bonchev–Trinajstić information content (AvgIpc) is 2.33. The Labute approximate surface area is 120 Å². The maximum absolute atomic E-state index is 4.54. The molecule has 106 valence electrons. The molecule has 1 aliphatic rings. The van der Waals surface area contributed by atoms with Gasteiger partial charge in [-0.1, -0.05) is 25.1 Å². The lowest BCUT2D eigenvalue weighted by Crippen LogP contribution is -2.31. The third-order valence-electron chi connectivity index (χ3n) is 3.68. The van der Waals surface area contributed by atoms with Crippen molar-refractivity contribution >= 4 is 23.4 Å². The van der Waals surface area contributed by atoms with Crippen LogP contribution in [0.4, 0.5) is 11.6 Å². The Morgan fingerprint density at radius 1 is 1.37 bits per heavy atom. The van der Waals surface area contributed by atoms with Crippen LogP contribution in [-0.4, -0.2) is 28.8 Å². The van der Waals surface area contributed by atoms with Gasteiger partial charge in [0.25, 0.3) is 0 Å². The van der Waals surface area contributed by atoms with Crippen LogP contribution in [0.5, 0.6) is 0 Å². The van der Waals surface area contributed by atoms with Gasteiger partial charge < -0.3 is 10.6 Å². The van der Waals surface area contributed by atoms with Crippen molar-refractivity contribution in [2.45, 2.75) is 50.7 Å². The number of nitrogens with zero attached hydrogens (tertiary/aromatic N) is 2. The fraction of sp³-hybridized carbons (Fsp3) is 0.714. The van der Waals surface area contributed by atoms with E-state index < -0.39 is 0 Å². The molecule has 1 atom stereocenters. The third kappa shape index (κ3) is 4.00. The van der Waals surface area contributed by atoms with Gasteiger partial charge in [0.05, 0.1) is 0 Å². The molecule has 1 aromatic rings. The number of hydrogen-bond donors (Lipinski definition) is 2. The minimum absolute atomic E-state index is 0.498. The maximum atomic E-state index is 4.54. The topological polar surface area (TPSA) is 49.8 Å². The van der Waals surface area contributed by atoms with Crippen molar-refractivity contribution in [3.05, 3.63) is 6.07 Å². The van der Waals surface area contributed by atoms with E-state index in [1.54, 1.807) is 11.8 Å². The first-order valence-corrected chi connectivity index (χ1v) is 8.39. The van der Waals surface area contributed by atoms with Crippen molar-refractivity contribution in [2.75, 3.05) is 23.4 Å². The molecule has 1 fully saturated rings. The lowest BCUT2D eigenvalue weighted by Gasteiger charge is -2.32. The zero-order valence-electron chi connectivity index (χ0n) is 12.1. The van der Waals surface area contributed by atoms with Gasteiger partial charge in [-0.2, -0.15) is 0 Å². The van der Waals surface area contributed by atoms with Gasteiger partial charge in [0.15, 0.2) is 5.16 Å². The Kier molecular flexibility index (Phi) is 5.31. The highest BCUT2D eigenvalue weighted by Gasteiger charge is 2.24. The maximum Gasteiger partial charge on any atom is 0.191 e. The van der Waals surface area contributed by atoms with E-state index in [1.165, 1.54) is 19.3 Å². The normalized spacial score (nSPS) is 16.8. The van der Waals surface area contributed by atoms with E-state index in [-0.39, 0.29) is 0 Å². The van der Waals surface area contributed by atoms with Crippen LogP contribution in [-0.2, 0) is 0 Å². The van der Waals surface area contributed by atoms with E-state index in [0.29, 0.717) is 6.04 Å². The second-order valence-electron chi connectivity index (χ2n) is 5.18. The van der Waals surface area contributed by atoms with Crippen LogP contribution in [0.2, 0.25) is 0 Å². The van der Waals surface area contributed by atoms with Crippen molar-refractivity contribution < 1.29 is 0 Å². The molecular formula is C14H24N4S. The highest BCUT2D eigenvalue weighted by Crippen LogP contribution is 2.31. The third-order valence-corrected chi connectivity index (χ3v) is 4.22. The van der Waals surface area contributed by atoms with Gasteiger partial charge in [0, 0.05) is 18.7 Å². The first-order valence-electron chi connectivity index (χ1n) is 7.16. The van der Waals surface area contributed by atoms with E-state index in [9.17, 15) is 0 Å². The van der Waals surface area contributed by atoms with E-state index in [2.05, 4.69) is 34.4 Å². The second-order valence-corrected chi connectivity index (χ2v) is 5.95. The predicted molar refractivity (Wildman–Crippen MR) is 83.0 cm³/mol. The van der Waals surface area contributed by atoms with E-state index in [4.69, 9.17) is 0 Å². The Morgan fingerprint density at radius 2 is 2.11 bits per heavy atom. The molecule has 0 radical (unpaired) electrons. The second kappa shape index (κ2) is 6.98. The quantitative estimate of drug-likeness (QED) is 0.590. The summed E-state index contributed by atoms with van der Waals surface area (Å²) in [7, 11) is 0. The lowest BCUT2D eigenvalue weighted by atomic mass is 9.80. The number of aromatic nitrogens is 2. The van der Waals surface area contributed by atoms with Crippen molar-refractivity contribution in [2.24, 2.45) is 5.92 Å². The molecule has 2 N–H and O–H groups in total. The summed E-state index contributed by atoms with van der Waals surface area (Å²) in [6, 6.07) is 2.52. The summed E-state index contributed by atoms with van der Waals surface area (Å²) in [5.74, 6) is 2.67. The van der Waals surface area contributed by atoms with Gasteiger partial charge in [-0.3, -0.25) is 0 Å². The molecule has 19 heavy (non-hydrogen) atoms. The summed E-state index contributed by atoms with van der Waals surface area (Å²) in [5, 5.41) is 7.69. The molecule has 1 saturated carbocycles. The highest BCUT2D eigenvalue weighted by atomic mass is 32.2. The summed E-state index contributed by atoms with van der Waals surface area (Å²) < 4.78 is 0. The van der Waals surface area contributed by atoms with Gasteiger partial charge in [0.1, 0.15) is 11.6 Å². The summed E-state index contributed by atoms with van der Waals surface area (Å²) in [6.45, 7) is 5.35. The van der Waals surface area contributed by atoms with E-state index in [1.807, 2.05) is 12.3 Å². The summed E-state index contributed by atoms with van der Waals surface area (Å²) >= 11 is 1.58. The highest BCUT2D eigenvalue weighted by molar-refractivity contribution is 7.98. The molecule has 5 heteroatoms. The summed E-state index contributed by atoms with van der Waals surface area (Å²) in [5.41, 5.74) is 0. The lowest BCUT2D eigenvalue weighted by molar-refractivity contribution is 0.285. The van der Waals surface area contributed by atoms with Gasteiger partial charge in [-0.25, -0.2) is 9.97 Å². The largest absolute Gasteiger partial charge is 0.370 e. The van der Waals surface area contributed by atoms with Crippen LogP contribution >= 0.6 is 11.8 Å². The number of anilines is 2. The Hall–Kier alpha value is -0.970. The predicted octanol–water partition coefficient (Wildman–Crippen LogP) is 3.62. The molecule has 1 aromatic heterocycles. The van der Waals surface area contributed by atoms with Crippen LogP contribution < -0.4 is 10.6 Å². The number of rotatable bonds is 7. The van der Waals surface area contributed by atoms with Crippen LogP contribution in [0.15, 0.2) is 11.2 Å². The summed E-state index contributed by atoms with van der Waals surface area (Å²) in [4.78, 5) is 9.02. The monoisotopic (exact) mass is 280 g/mol. The van der Waals surface area contributed by atoms with Gasteiger partial charge >= 0.3 is 0 Å². The van der Waals surface area contributed by atoms with Crippen molar-refractivity contribution in [3.8, 4) is 0 Å². The minimum atomic E-state index is 0.498. The fourth-order valence-corrected chi connectivity index (χ4v) is 2.60. The van der Waals surface area contributed by atoms with Crippen LogP contribution in [0.25, 0.3) is 0 Å². The van der Waals surface area contributed by atoms with Crippen LogP contribution in [0.1, 0.15) is 39.5 Å². The molecular weight excluding hydrogens is 256 g/mol. The standard InChI is InChI=1S/C14H24N4S/c1-4-8-15-12-9-13(18-14(17-12)19-3)16-10(2)11-6-5-7-11/h9-11H,4-8H2,1-3H3,(H2,15,16,17,18). The molecule has 1 aliphatic carbocycles. The molecule has 0 bridgehead atoms. The summed E-state index contributed by atoms with van der Waals surface area (Å²) in [6.07, 6.45) is 7.17. The fourth-order valence-electron chi connectivity index (χ4n) is 2.22. The Bertz CT molecular complexity index is 406. The molecule has 0 aromatic carbocycles. The molecule has 0 saturated heterocycles. The first kappa shape index (κ1) is 14.4. The number of nitrogens with one attached hydrogen (secondary N) is 2. The van der Waals surface area contributed by atoms with Gasteiger partial charge in [-0.05, 0) is 38.4 Å². The molecule has 4 nitrogen and oxygen atoms in total. The smallest absolute Gasteiger partial charge is 0.191 e. The first-order chi connectivity index (χ1) is 9.22. The average molecular weight is 280 g/mol. The molecule has 1 heterocycles. The van der Waals surface area contributed by atoms with Crippen molar-refractivity contribution in [1.29, 1.82) is 0 Å². The number of thioether (sulfide) groups is 1. The SMILES string of the molecule is CCCNc1cc(NC(C)C2CCC2)nc(SC)n1. The molecule has 0 amide bonds. The van der Waals surface area contributed by atoms with Gasteiger partial charge in [-0.15, -0.1) is 0 Å². The van der Waals surface area contributed by atoms with E-state index in [0.717, 1.165) is 35.7 Å². The zero-order chi connectivity index (χ0) is 13.7. The molecule has 1 unspecified atom stereocenters. The minimum Gasteiger partial charge on any atom is -0.370 e. The van der Waals surface area contributed by atoms with Crippen LogP contribution in [0.3, 0.4) is 0 Å². The molecule has 0 spiro atoms.